The third kappa shape index (κ3) is 3.17. The molecule has 70 valence electrons. The van der Waals surface area contributed by atoms with Crippen LogP contribution in [0.3, 0.4) is 0 Å². The Morgan fingerprint density at radius 1 is 1.25 bits per heavy atom. The molecule has 0 spiro atoms. The first kappa shape index (κ1) is 11.4. The van der Waals surface area contributed by atoms with E-state index in [1.807, 2.05) is 0 Å². The van der Waals surface area contributed by atoms with Crippen molar-refractivity contribution in [1.29, 1.82) is 0 Å². The molecule has 0 aromatic heterocycles. The minimum absolute atomic E-state index is 0.261. The highest BCUT2D eigenvalue weighted by Crippen LogP contribution is 2.16. The van der Waals surface area contributed by atoms with E-state index in [0.717, 1.165) is 11.5 Å². The van der Waals surface area contributed by atoms with Gasteiger partial charge >= 0.3 is 0 Å². The van der Waals surface area contributed by atoms with Crippen molar-refractivity contribution in [2.75, 3.05) is 0 Å². The molecule has 0 aromatic rings. The number of rotatable bonds is 2. The molecule has 4 heteroatoms. The second-order valence-electron chi connectivity index (χ2n) is 3.57. The maximum absolute atomic E-state index is 11.3. The van der Waals surface area contributed by atoms with Gasteiger partial charge in [0.05, 0.1) is 4.75 Å². The smallest absolute Gasteiger partial charge is 0.176 e. The minimum atomic E-state index is -3.29. The topological polar surface area (TPSA) is 51.2 Å². The van der Waals surface area contributed by atoms with Crippen LogP contribution in [-0.2, 0) is 14.6 Å². The summed E-state index contributed by atoms with van der Waals surface area (Å²) in [7, 11) is -3.29. The van der Waals surface area contributed by atoms with E-state index in [4.69, 9.17) is 0 Å². The van der Waals surface area contributed by atoms with E-state index in [1.165, 1.54) is 6.92 Å². The molecular formula is C8H14O3S. The second kappa shape index (κ2) is 3.39. The first-order chi connectivity index (χ1) is 5.17. The van der Waals surface area contributed by atoms with E-state index in [0.29, 0.717) is 0 Å². The lowest BCUT2D eigenvalue weighted by Gasteiger charge is -2.15. The summed E-state index contributed by atoms with van der Waals surface area (Å²) in [4.78, 5) is 10.5. The predicted molar refractivity (Wildman–Crippen MR) is 48.5 cm³/mol. The fraction of sp³-hybridized carbons (Fsp3) is 0.625. The summed E-state index contributed by atoms with van der Waals surface area (Å²) in [5, 5.41) is 0.968. The quantitative estimate of drug-likeness (QED) is 0.617. The van der Waals surface area contributed by atoms with Gasteiger partial charge in [0.25, 0.3) is 0 Å². The summed E-state index contributed by atoms with van der Waals surface area (Å²) in [6, 6.07) is 0. The van der Waals surface area contributed by atoms with Gasteiger partial charge in [-0.15, -0.1) is 0 Å². The van der Waals surface area contributed by atoms with Crippen LogP contribution in [0.4, 0.5) is 0 Å². The third-order valence-corrected chi connectivity index (χ3v) is 3.54. The van der Waals surface area contributed by atoms with Crippen molar-refractivity contribution in [1.82, 2.24) is 0 Å². The molecule has 0 unspecified atom stereocenters. The van der Waals surface area contributed by atoms with Gasteiger partial charge in [-0.05, 0) is 33.8 Å². The molecule has 0 aliphatic carbocycles. The van der Waals surface area contributed by atoms with Gasteiger partial charge in [0.15, 0.2) is 15.6 Å². The molecule has 12 heavy (non-hydrogen) atoms. The first-order valence-electron chi connectivity index (χ1n) is 3.60. The van der Waals surface area contributed by atoms with Crippen LogP contribution in [0, 0.1) is 0 Å². The highest BCUT2D eigenvalue weighted by atomic mass is 32.2. The Kier molecular flexibility index (Phi) is 3.21. The lowest BCUT2D eigenvalue weighted by atomic mass is 10.3. The highest BCUT2D eigenvalue weighted by molar-refractivity contribution is 7.95. The van der Waals surface area contributed by atoms with Crippen molar-refractivity contribution in [3.8, 4) is 0 Å². The molecule has 0 rings (SSSR count). The van der Waals surface area contributed by atoms with Crippen LogP contribution in [-0.4, -0.2) is 18.9 Å². The van der Waals surface area contributed by atoms with Gasteiger partial charge in [-0.2, -0.15) is 0 Å². The Labute approximate surface area is 73.4 Å². The van der Waals surface area contributed by atoms with Crippen LogP contribution in [0.5, 0.6) is 0 Å². The largest absolute Gasteiger partial charge is 0.295 e. The van der Waals surface area contributed by atoms with Gasteiger partial charge in [0.1, 0.15) is 0 Å². The van der Waals surface area contributed by atoms with Crippen molar-refractivity contribution in [2.45, 2.75) is 32.4 Å². The van der Waals surface area contributed by atoms with Crippen molar-refractivity contribution >= 4 is 15.6 Å². The molecule has 0 fully saturated rings. The third-order valence-electron chi connectivity index (χ3n) is 1.34. The van der Waals surface area contributed by atoms with Gasteiger partial charge in [-0.3, -0.25) is 4.79 Å². The summed E-state index contributed by atoms with van der Waals surface area (Å²) in [6.07, 6.45) is 1.07. The summed E-state index contributed by atoms with van der Waals surface area (Å²) in [5.41, 5.74) is 0. The summed E-state index contributed by atoms with van der Waals surface area (Å²) >= 11 is 0. The molecule has 0 radical (unpaired) electrons. The lowest BCUT2D eigenvalue weighted by molar-refractivity contribution is -0.112. The summed E-state index contributed by atoms with van der Waals surface area (Å²) in [6.45, 7) is 6.08. The highest BCUT2D eigenvalue weighted by Gasteiger charge is 2.25. The number of hydrogen-bond acceptors (Lipinski definition) is 3. The molecule has 0 saturated heterocycles. The number of carbonyl (C=O) groups is 1. The normalized spacial score (nSPS) is 13.7. The zero-order chi connectivity index (χ0) is 9.99. The summed E-state index contributed by atoms with van der Waals surface area (Å²) < 4.78 is 21.8. The fourth-order valence-electron chi connectivity index (χ4n) is 0.390. The number of ketones is 1. The lowest BCUT2D eigenvalue weighted by Crippen LogP contribution is -2.25. The predicted octanol–water partition coefficient (Wildman–Crippen LogP) is 1.30. The average Bonchev–Trinajstić information content (AvgIpc) is 1.81. The van der Waals surface area contributed by atoms with Crippen LogP contribution in [0.25, 0.3) is 0 Å². The van der Waals surface area contributed by atoms with Crippen molar-refractivity contribution in [2.24, 2.45) is 0 Å². The van der Waals surface area contributed by atoms with Crippen molar-refractivity contribution in [3.05, 3.63) is 11.5 Å². The minimum Gasteiger partial charge on any atom is -0.295 e. The molecule has 0 aromatic carbocycles. The van der Waals surface area contributed by atoms with Gasteiger partial charge in [-0.25, -0.2) is 8.42 Å². The SMILES string of the molecule is CC(=O)/C=C/S(=O)(=O)C(C)(C)C. The van der Waals surface area contributed by atoms with Gasteiger partial charge in [-0.1, -0.05) is 0 Å². The fourth-order valence-corrected chi connectivity index (χ4v) is 1.17. The molecule has 0 aliphatic heterocycles. The van der Waals surface area contributed by atoms with Crippen LogP contribution in [0.15, 0.2) is 11.5 Å². The van der Waals surface area contributed by atoms with E-state index < -0.39 is 14.6 Å². The van der Waals surface area contributed by atoms with Gasteiger partial charge < -0.3 is 0 Å². The Morgan fingerprint density at radius 3 is 1.92 bits per heavy atom. The molecule has 0 saturated carbocycles. The Morgan fingerprint density at radius 2 is 1.67 bits per heavy atom. The van der Waals surface area contributed by atoms with E-state index in [-0.39, 0.29) is 5.78 Å². The van der Waals surface area contributed by atoms with Crippen LogP contribution in [0.2, 0.25) is 0 Å². The van der Waals surface area contributed by atoms with Crippen LogP contribution >= 0.6 is 0 Å². The molecule has 0 N–H and O–H groups in total. The van der Waals surface area contributed by atoms with Gasteiger partial charge in [0.2, 0.25) is 0 Å². The van der Waals surface area contributed by atoms with Crippen LogP contribution in [0.1, 0.15) is 27.7 Å². The number of allylic oxidation sites excluding steroid dienone is 1. The Bertz CT molecular complexity index is 291. The molecule has 0 amide bonds. The van der Waals surface area contributed by atoms with Gasteiger partial charge in [0, 0.05) is 5.41 Å². The zero-order valence-electron chi connectivity index (χ0n) is 7.79. The first-order valence-corrected chi connectivity index (χ1v) is 5.15. The standard InChI is InChI=1S/C8H14O3S/c1-7(9)5-6-12(10,11)8(2,3)4/h5-6H,1-4H3/b6-5+. The molecule has 3 nitrogen and oxygen atoms in total. The number of hydrogen-bond donors (Lipinski definition) is 0. The Balaban J connectivity index is 4.81. The van der Waals surface area contributed by atoms with E-state index in [1.54, 1.807) is 20.8 Å². The monoisotopic (exact) mass is 190 g/mol. The summed E-state index contributed by atoms with van der Waals surface area (Å²) in [5.74, 6) is -0.261. The van der Waals surface area contributed by atoms with E-state index in [2.05, 4.69) is 0 Å². The maximum Gasteiger partial charge on any atom is 0.176 e. The molecule has 0 heterocycles. The van der Waals surface area contributed by atoms with Crippen molar-refractivity contribution < 1.29 is 13.2 Å². The molecular weight excluding hydrogens is 176 g/mol. The van der Waals surface area contributed by atoms with E-state index in [9.17, 15) is 13.2 Å². The number of sulfone groups is 1. The molecule has 0 bridgehead atoms. The molecule has 0 aliphatic rings. The maximum atomic E-state index is 11.3. The average molecular weight is 190 g/mol. The van der Waals surface area contributed by atoms with E-state index >= 15 is 0 Å². The second-order valence-corrected chi connectivity index (χ2v) is 6.16. The number of carbonyl (C=O) groups excluding carboxylic acids is 1. The Hall–Kier alpha value is -0.640. The zero-order valence-corrected chi connectivity index (χ0v) is 8.60. The van der Waals surface area contributed by atoms with Crippen LogP contribution < -0.4 is 0 Å². The molecule has 0 atom stereocenters. The van der Waals surface area contributed by atoms with Crippen molar-refractivity contribution in [3.63, 3.8) is 0 Å².